The number of ether oxygens (including phenoxy) is 1. The van der Waals surface area contributed by atoms with Crippen molar-refractivity contribution in [1.82, 2.24) is 4.98 Å². The van der Waals surface area contributed by atoms with Crippen molar-refractivity contribution in [1.29, 1.82) is 0 Å². The van der Waals surface area contributed by atoms with Crippen LogP contribution in [-0.2, 0) is 4.74 Å². The van der Waals surface area contributed by atoms with E-state index in [-0.39, 0.29) is 0 Å². The summed E-state index contributed by atoms with van der Waals surface area (Å²) in [7, 11) is 1.73. The summed E-state index contributed by atoms with van der Waals surface area (Å²) in [4.78, 5) is 4.80. The second-order valence-corrected chi connectivity index (χ2v) is 5.06. The molecule has 0 radical (unpaired) electrons. The molecule has 0 amide bonds. The van der Waals surface area contributed by atoms with Gasteiger partial charge in [0.25, 0.3) is 0 Å². The maximum Gasteiger partial charge on any atom is 0.107 e. The Kier molecular flexibility index (Phi) is 6.73. The number of nitrogens with one attached hydrogen (secondary N) is 1. The third-order valence-corrected chi connectivity index (χ3v) is 3.12. The third kappa shape index (κ3) is 5.12. The SMILES string of the molecule is COCCCCCNc1cc(C)nc(C)c1C(N)=S. The minimum absolute atomic E-state index is 0.395. The van der Waals surface area contributed by atoms with E-state index in [1.807, 2.05) is 19.9 Å². The van der Waals surface area contributed by atoms with Gasteiger partial charge in [-0.1, -0.05) is 12.2 Å². The van der Waals surface area contributed by atoms with Crippen LogP contribution in [0.3, 0.4) is 0 Å². The lowest BCUT2D eigenvalue weighted by molar-refractivity contribution is 0.192. The van der Waals surface area contributed by atoms with Gasteiger partial charge in [-0.25, -0.2) is 0 Å². The molecule has 0 bridgehead atoms. The third-order valence-electron chi connectivity index (χ3n) is 2.92. The van der Waals surface area contributed by atoms with Crippen molar-refractivity contribution in [3.63, 3.8) is 0 Å². The predicted octanol–water partition coefficient (Wildman–Crippen LogP) is 2.56. The zero-order valence-corrected chi connectivity index (χ0v) is 12.8. The highest BCUT2D eigenvalue weighted by Crippen LogP contribution is 2.19. The van der Waals surface area contributed by atoms with E-state index in [1.165, 1.54) is 0 Å². The minimum atomic E-state index is 0.395. The molecule has 1 aromatic heterocycles. The molecule has 1 heterocycles. The lowest BCUT2D eigenvalue weighted by Crippen LogP contribution is -2.17. The Balaban J connectivity index is 2.59. The van der Waals surface area contributed by atoms with Gasteiger partial charge in [0.1, 0.15) is 4.99 Å². The maximum atomic E-state index is 5.77. The number of aryl methyl sites for hydroxylation is 2. The van der Waals surface area contributed by atoms with Crippen molar-refractivity contribution in [2.24, 2.45) is 5.73 Å². The molecule has 0 saturated heterocycles. The first-order valence-corrected chi connectivity index (χ1v) is 6.98. The fourth-order valence-electron chi connectivity index (χ4n) is 2.05. The first-order valence-electron chi connectivity index (χ1n) is 6.57. The molecule has 5 heteroatoms. The average Bonchev–Trinajstić information content (AvgIpc) is 2.32. The van der Waals surface area contributed by atoms with Gasteiger partial charge < -0.3 is 15.8 Å². The molecule has 0 saturated carbocycles. The van der Waals surface area contributed by atoms with Gasteiger partial charge in [0.05, 0.1) is 5.56 Å². The number of aromatic nitrogens is 1. The number of nitrogens with zero attached hydrogens (tertiary/aromatic N) is 1. The lowest BCUT2D eigenvalue weighted by atomic mass is 10.1. The van der Waals surface area contributed by atoms with Crippen LogP contribution in [0.5, 0.6) is 0 Å². The van der Waals surface area contributed by atoms with Crippen LogP contribution in [0.25, 0.3) is 0 Å². The molecule has 0 aliphatic carbocycles. The number of thiocarbonyl (C=S) groups is 1. The predicted molar refractivity (Wildman–Crippen MR) is 83.8 cm³/mol. The number of methoxy groups -OCH3 is 1. The maximum absolute atomic E-state index is 5.77. The van der Waals surface area contributed by atoms with E-state index in [1.54, 1.807) is 7.11 Å². The van der Waals surface area contributed by atoms with E-state index in [4.69, 9.17) is 22.7 Å². The van der Waals surface area contributed by atoms with E-state index in [0.29, 0.717) is 4.99 Å². The molecule has 3 N–H and O–H groups in total. The van der Waals surface area contributed by atoms with Gasteiger partial charge in [-0.05, 0) is 39.2 Å². The zero-order valence-electron chi connectivity index (χ0n) is 12.0. The van der Waals surface area contributed by atoms with E-state index >= 15 is 0 Å². The largest absolute Gasteiger partial charge is 0.389 e. The van der Waals surface area contributed by atoms with Crippen molar-refractivity contribution in [2.45, 2.75) is 33.1 Å². The summed E-state index contributed by atoms with van der Waals surface area (Å²) < 4.78 is 5.03. The number of hydrogen-bond donors (Lipinski definition) is 2. The number of unbranched alkanes of at least 4 members (excludes halogenated alkanes) is 2. The summed E-state index contributed by atoms with van der Waals surface area (Å²) in [5, 5.41) is 3.40. The van der Waals surface area contributed by atoms with Gasteiger partial charge in [0.15, 0.2) is 0 Å². The normalized spacial score (nSPS) is 10.5. The van der Waals surface area contributed by atoms with E-state index in [0.717, 1.165) is 55.1 Å². The second-order valence-electron chi connectivity index (χ2n) is 4.62. The quantitative estimate of drug-likeness (QED) is 0.566. The first-order chi connectivity index (χ1) is 9.06. The van der Waals surface area contributed by atoms with Gasteiger partial charge in [-0.2, -0.15) is 0 Å². The molecular weight excluding hydrogens is 258 g/mol. The van der Waals surface area contributed by atoms with Crippen LogP contribution >= 0.6 is 12.2 Å². The van der Waals surface area contributed by atoms with Gasteiger partial charge in [0.2, 0.25) is 0 Å². The molecular formula is C14H23N3OS. The fraction of sp³-hybridized carbons (Fsp3) is 0.571. The topological polar surface area (TPSA) is 60.2 Å². The molecule has 1 rings (SSSR count). The number of rotatable bonds is 8. The van der Waals surface area contributed by atoms with Crippen molar-refractivity contribution < 1.29 is 4.74 Å². The molecule has 1 aromatic rings. The molecule has 0 aliphatic rings. The summed E-state index contributed by atoms with van der Waals surface area (Å²) in [6.45, 7) is 5.64. The molecule has 0 unspecified atom stereocenters. The van der Waals surface area contributed by atoms with Gasteiger partial charge in [-0.3, -0.25) is 4.98 Å². The molecule has 4 nitrogen and oxygen atoms in total. The van der Waals surface area contributed by atoms with E-state index < -0.39 is 0 Å². The highest BCUT2D eigenvalue weighted by atomic mass is 32.1. The van der Waals surface area contributed by atoms with Crippen LogP contribution < -0.4 is 11.1 Å². The van der Waals surface area contributed by atoms with Crippen LogP contribution in [0.1, 0.15) is 36.2 Å². The smallest absolute Gasteiger partial charge is 0.107 e. The molecule has 0 spiro atoms. The van der Waals surface area contributed by atoms with E-state index in [2.05, 4.69) is 10.3 Å². The Hall–Kier alpha value is -1.20. The molecule has 0 fully saturated rings. The molecule has 0 aromatic carbocycles. The number of nitrogens with two attached hydrogens (primary N) is 1. The highest BCUT2D eigenvalue weighted by Gasteiger charge is 2.10. The molecule has 0 atom stereocenters. The Labute approximate surface area is 120 Å². The minimum Gasteiger partial charge on any atom is -0.389 e. The number of anilines is 1. The van der Waals surface area contributed by atoms with Crippen molar-refractivity contribution >= 4 is 22.9 Å². The average molecular weight is 281 g/mol. The van der Waals surface area contributed by atoms with Crippen LogP contribution in [0.4, 0.5) is 5.69 Å². The fourth-order valence-corrected chi connectivity index (χ4v) is 2.31. The standard InChI is InChI=1S/C14H23N3OS/c1-10-9-12(13(14(15)19)11(2)17-10)16-7-5-4-6-8-18-3/h9H,4-8H2,1-3H3,(H2,15,19)(H,16,17). The van der Waals surface area contributed by atoms with Crippen LogP contribution in [0, 0.1) is 13.8 Å². The summed E-state index contributed by atoms with van der Waals surface area (Å²) in [6, 6.07) is 2.00. The second kappa shape index (κ2) is 8.07. The highest BCUT2D eigenvalue weighted by molar-refractivity contribution is 7.80. The Morgan fingerprint density at radius 2 is 2.11 bits per heavy atom. The number of pyridine rings is 1. The Bertz CT molecular complexity index is 435. The summed E-state index contributed by atoms with van der Waals surface area (Å²) in [6.07, 6.45) is 3.33. The summed E-state index contributed by atoms with van der Waals surface area (Å²) in [5.41, 5.74) is 9.47. The molecule has 19 heavy (non-hydrogen) atoms. The van der Waals surface area contributed by atoms with Crippen LogP contribution in [-0.4, -0.2) is 30.2 Å². The Morgan fingerprint density at radius 3 is 2.74 bits per heavy atom. The van der Waals surface area contributed by atoms with Gasteiger partial charge >= 0.3 is 0 Å². The lowest BCUT2D eigenvalue weighted by Gasteiger charge is -2.14. The van der Waals surface area contributed by atoms with Crippen LogP contribution in [0.15, 0.2) is 6.07 Å². The first kappa shape index (κ1) is 15.9. The molecule has 0 aliphatic heterocycles. The van der Waals surface area contributed by atoms with Crippen molar-refractivity contribution in [3.8, 4) is 0 Å². The van der Waals surface area contributed by atoms with Gasteiger partial charge in [-0.15, -0.1) is 0 Å². The van der Waals surface area contributed by atoms with Gasteiger partial charge in [0, 0.05) is 37.3 Å². The summed E-state index contributed by atoms with van der Waals surface area (Å²) in [5.74, 6) is 0. The molecule has 106 valence electrons. The zero-order chi connectivity index (χ0) is 14.3. The number of hydrogen-bond acceptors (Lipinski definition) is 4. The monoisotopic (exact) mass is 281 g/mol. The van der Waals surface area contributed by atoms with E-state index in [9.17, 15) is 0 Å². The van der Waals surface area contributed by atoms with Crippen molar-refractivity contribution in [2.75, 3.05) is 25.6 Å². The summed E-state index contributed by atoms with van der Waals surface area (Å²) >= 11 is 5.10. The Morgan fingerprint density at radius 1 is 1.37 bits per heavy atom. The van der Waals surface area contributed by atoms with Crippen molar-refractivity contribution in [3.05, 3.63) is 23.0 Å². The van der Waals surface area contributed by atoms with Crippen LogP contribution in [0.2, 0.25) is 0 Å².